The van der Waals surface area contributed by atoms with E-state index in [2.05, 4.69) is 25.6 Å². The van der Waals surface area contributed by atoms with Crippen LogP contribution < -0.4 is 16.4 Å². The third-order valence-corrected chi connectivity index (χ3v) is 3.24. The van der Waals surface area contributed by atoms with Crippen LogP contribution >= 0.6 is 0 Å². The van der Waals surface area contributed by atoms with Gasteiger partial charge in [0, 0.05) is 24.5 Å². The molecule has 3 rings (SSSR count). The normalized spacial score (nSPS) is 10.7. The van der Waals surface area contributed by atoms with Crippen molar-refractivity contribution in [2.75, 3.05) is 17.6 Å². The Morgan fingerprint density at radius 2 is 2.00 bits per heavy atom. The number of anilines is 2. The van der Waals surface area contributed by atoms with Crippen LogP contribution in [-0.2, 0) is 0 Å². The highest BCUT2D eigenvalue weighted by molar-refractivity contribution is 5.90. The molecule has 118 valence electrons. The van der Waals surface area contributed by atoms with Crippen LogP contribution in [0.1, 0.15) is 12.5 Å². The van der Waals surface area contributed by atoms with Gasteiger partial charge in [-0.1, -0.05) is 0 Å². The molecule has 0 aliphatic rings. The number of hydrogen-bond acceptors (Lipinski definition) is 6. The smallest absolute Gasteiger partial charge is 0.322 e. The minimum Gasteiger partial charge on any atom is -0.423 e. The number of oxazole rings is 1. The van der Waals surface area contributed by atoms with E-state index in [9.17, 15) is 4.79 Å². The maximum Gasteiger partial charge on any atom is 0.322 e. The second-order valence-electron chi connectivity index (χ2n) is 4.97. The summed E-state index contributed by atoms with van der Waals surface area (Å²) in [5, 5.41) is 5.17. The molecule has 3 aromatic rings. The highest BCUT2D eigenvalue weighted by Gasteiger charge is 2.12. The van der Waals surface area contributed by atoms with Crippen molar-refractivity contribution in [2.24, 2.45) is 0 Å². The number of nitrogens with zero attached hydrogens (tertiary/aromatic N) is 3. The Morgan fingerprint density at radius 1 is 1.26 bits per heavy atom. The maximum atomic E-state index is 11.5. The van der Waals surface area contributed by atoms with Crippen LogP contribution in [0.15, 0.2) is 28.9 Å². The predicted molar refractivity (Wildman–Crippen MR) is 86.9 cm³/mol. The van der Waals surface area contributed by atoms with Gasteiger partial charge in [0.05, 0.1) is 0 Å². The van der Waals surface area contributed by atoms with Gasteiger partial charge in [-0.3, -0.25) is 5.32 Å². The number of nitrogen functional groups attached to an aromatic ring is 1. The third-order valence-electron chi connectivity index (χ3n) is 3.24. The quantitative estimate of drug-likeness (QED) is 0.683. The lowest BCUT2D eigenvalue weighted by molar-refractivity contribution is 0.252. The molecule has 0 bridgehead atoms. The van der Waals surface area contributed by atoms with E-state index in [1.807, 2.05) is 26.0 Å². The van der Waals surface area contributed by atoms with Gasteiger partial charge in [-0.25, -0.2) is 14.8 Å². The van der Waals surface area contributed by atoms with Crippen LogP contribution in [-0.4, -0.2) is 27.5 Å². The molecule has 8 nitrogen and oxygen atoms in total. The summed E-state index contributed by atoms with van der Waals surface area (Å²) >= 11 is 0. The molecule has 0 spiro atoms. The molecule has 0 radical (unpaired) electrons. The van der Waals surface area contributed by atoms with Crippen molar-refractivity contribution in [3.8, 4) is 11.1 Å². The molecule has 2 amide bonds. The third kappa shape index (κ3) is 3.05. The summed E-state index contributed by atoms with van der Waals surface area (Å²) in [6.45, 7) is 4.26. The first-order valence-electron chi connectivity index (χ1n) is 7.10. The molecule has 0 saturated carbocycles. The Kier molecular flexibility index (Phi) is 3.80. The van der Waals surface area contributed by atoms with Gasteiger partial charge in [-0.05, 0) is 37.1 Å². The van der Waals surface area contributed by atoms with Gasteiger partial charge in [0.25, 0.3) is 0 Å². The van der Waals surface area contributed by atoms with Crippen LogP contribution in [0.5, 0.6) is 0 Å². The zero-order valence-corrected chi connectivity index (χ0v) is 12.8. The van der Waals surface area contributed by atoms with E-state index in [0.717, 1.165) is 16.7 Å². The number of hydrogen-bond donors (Lipinski definition) is 3. The molecule has 0 saturated heterocycles. The Labute approximate surface area is 132 Å². The van der Waals surface area contributed by atoms with Gasteiger partial charge in [0.1, 0.15) is 5.52 Å². The van der Waals surface area contributed by atoms with E-state index in [-0.39, 0.29) is 18.0 Å². The number of benzene rings is 1. The number of carbonyl (C=O) groups is 1. The van der Waals surface area contributed by atoms with Gasteiger partial charge in [0.15, 0.2) is 5.58 Å². The van der Waals surface area contributed by atoms with Gasteiger partial charge in [-0.2, -0.15) is 4.98 Å². The van der Waals surface area contributed by atoms with Crippen molar-refractivity contribution in [3.63, 3.8) is 0 Å². The monoisotopic (exact) mass is 312 g/mol. The van der Waals surface area contributed by atoms with E-state index >= 15 is 0 Å². The topological polar surface area (TPSA) is 119 Å². The molecule has 1 aromatic carbocycles. The SMILES string of the molecule is CCNC(=O)Nc1nc2cc(-c3cnc(N)nc3)cc(C)c2o1. The van der Waals surface area contributed by atoms with Crippen LogP contribution in [0, 0.1) is 6.92 Å². The summed E-state index contributed by atoms with van der Waals surface area (Å²) in [6.07, 6.45) is 3.30. The number of carbonyl (C=O) groups excluding carboxylic acids is 1. The van der Waals surface area contributed by atoms with Crippen LogP contribution in [0.3, 0.4) is 0 Å². The van der Waals surface area contributed by atoms with E-state index in [1.54, 1.807) is 12.4 Å². The number of aryl methyl sites for hydroxylation is 1. The molecule has 8 heteroatoms. The summed E-state index contributed by atoms with van der Waals surface area (Å²) < 4.78 is 5.59. The Hall–Kier alpha value is -3.16. The zero-order chi connectivity index (χ0) is 16.4. The zero-order valence-electron chi connectivity index (χ0n) is 12.8. The highest BCUT2D eigenvalue weighted by atomic mass is 16.4. The Bertz CT molecular complexity index is 856. The van der Waals surface area contributed by atoms with Gasteiger partial charge < -0.3 is 15.5 Å². The van der Waals surface area contributed by atoms with Crippen molar-refractivity contribution < 1.29 is 9.21 Å². The first-order chi connectivity index (χ1) is 11.1. The average Bonchev–Trinajstić information content (AvgIpc) is 2.91. The van der Waals surface area contributed by atoms with Crippen molar-refractivity contribution in [1.29, 1.82) is 0 Å². The molecule has 0 fully saturated rings. The van der Waals surface area contributed by atoms with Gasteiger partial charge in [0.2, 0.25) is 5.95 Å². The highest BCUT2D eigenvalue weighted by Crippen LogP contribution is 2.28. The predicted octanol–water partition coefficient (Wildman–Crippen LogP) is 2.32. The molecule has 2 aromatic heterocycles. The fourth-order valence-corrected chi connectivity index (χ4v) is 2.21. The number of amides is 2. The molecule has 0 aliphatic heterocycles. The number of aromatic nitrogens is 3. The number of urea groups is 1. The number of nitrogens with two attached hydrogens (primary N) is 1. The second-order valence-corrected chi connectivity index (χ2v) is 4.97. The Morgan fingerprint density at radius 3 is 2.70 bits per heavy atom. The minimum atomic E-state index is -0.358. The average molecular weight is 312 g/mol. The fourth-order valence-electron chi connectivity index (χ4n) is 2.21. The molecule has 0 aliphatic carbocycles. The van der Waals surface area contributed by atoms with Crippen molar-refractivity contribution in [1.82, 2.24) is 20.3 Å². The van der Waals surface area contributed by atoms with Gasteiger partial charge in [-0.15, -0.1) is 0 Å². The molecule has 0 unspecified atom stereocenters. The van der Waals surface area contributed by atoms with E-state index in [4.69, 9.17) is 10.2 Å². The lowest BCUT2D eigenvalue weighted by Crippen LogP contribution is -2.28. The molecular formula is C15H16N6O2. The summed E-state index contributed by atoms with van der Waals surface area (Å²) in [5.41, 5.74) is 9.38. The standard InChI is InChI=1S/C15H16N6O2/c1-3-17-14(22)21-15-20-11-5-9(4-8(2)12(11)23-15)10-6-18-13(16)19-7-10/h4-7H,3H2,1-2H3,(H2,16,18,19)(H2,17,20,21,22). The van der Waals surface area contributed by atoms with Crippen LogP contribution in [0.25, 0.3) is 22.2 Å². The maximum absolute atomic E-state index is 11.5. The molecular weight excluding hydrogens is 296 g/mol. The van der Waals surface area contributed by atoms with Crippen LogP contribution in [0.4, 0.5) is 16.8 Å². The molecule has 23 heavy (non-hydrogen) atoms. The largest absolute Gasteiger partial charge is 0.423 e. The lowest BCUT2D eigenvalue weighted by atomic mass is 10.1. The molecule has 4 N–H and O–H groups in total. The fraction of sp³-hybridized carbons (Fsp3) is 0.200. The number of fused-ring (bicyclic) bond motifs is 1. The molecule has 2 heterocycles. The van der Waals surface area contributed by atoms with Crippen LogP contribution in [0.2, 0.25) is 0 Å². The minimum absolute atomic E-state index is 0.153. The number of rotatable bonds is 3. The summed E-state index contributed by atoms with van der Waals surface area (Å²) in [4.78, 5) is 23.8. The van der Waals surface area contributed by atoms with E-state index < -0.39 is 0 Å². The summed E-state index contributed by atoms with van der Waals surface area (Å²) in [6, 6.07) is 3.59. The van der Waals surface area contributed by atoms with Gasteiger partial charge >= 0.3 is 12.0 Å². The summed E-state index contributed by atoms with van der Waals surface area (Å²) in [7, 11) is 0. The first-order valence-corrected chi connectivity index (χ1v) is 7.10. The van der Waals surface area contributed by atoms with Crippen molar-refractivity contribution >= 4 is 29.1 Å². The van der Waals surface area contributed by atoms with Crippen molar-refractivity contribution in [2.45, 2.75) is 13.8 Å². The number of nitrogens with one attached hydrogen (secondary N) is 2. The first kappa shape index (κ1) is 14.8. The van der Waals surface area contributed by atoms with Crippen molar-refractivity contribution in [3.05, 3.63) is 30.1 Å². The van der Waals surface area contributed by atoms with E-state index in [1.165, 1.54) is 0 Å². The summed E-state index contributed by atoms with van der Waals surface area (Å²) in [5.74, 6) is 0.224. The molecule has 0 atom stereocenters. The second kappa shape index (κ2) is 5.91. The Balaban J connectivity index is 1.97. The van der Waals surface area contributed by atoms with E-state index in [0.29, 0.717) is 17.6 Å². The lowest BCUT2D eigenvalue weighted by Gasteiger charge is -2.02.